The molecule has 2 heterocycles. The predicted octanol–water partition coefficient (Wildman–Crippen LogP) is 3.97. The lowest BCUT2D eigenvalue weighted by Crippen LogP contribution is -2.29. The molecule has 0 spiro atoms. The fourth-order valence-corrected chi connectivity index (χ4v) is 3.71. The number of fused-ring (bicyclic) bond motifs is 1. The third-order valence-electron chi connectivity index (χ3n) is 3.68. The Balaban J connectivity index is 1.96. The normalized spacial score (nSPS) is 19.5. The van der Waals surface area contributed by atoms with E-state index in [1.54, 1.807) is 0 Å². The van der Waals surface area contributed by atoms with Crippen molar-refractivity contribution in [3.8, 4) is 5.75 Å². The van der Waals surface area contributed by atoms with Crippen LogP contribution >= 0.6 is 11.3 Å². The van der Waals surface area contributed by atoms with E-state index in [-0.39, 0.29) is 0 Å². The molecule has 3 heteroatoms. The van der Waals surface area contributed by atoms with E-state index in [1.165, 1.54) is 10.4 Å². The zero-order chi connectivity index (χ0) is 13.1. The largest absolute Gasteiger partial charge is 0.493 e. The van der Waals surface area contributed by atoms with Gasteiger partial charge in [-0.05, 0) is 36.0 Å². The second kappa shape index (κ2) is 5.76. The number of likely N-dealkylation sites (N-methyl/N-ethyl adjacent to an activating group) is 1. The molecule has 2 unspecified atom stereocenters. The Morgan fingerprint density at radius 1 is 1.32 bits per heavy atom. The summed E-state index contributed by atoms with van der Waals surface area (Å²) in [7, 11) is 0. The molecule has 0 saturated heterocycles. The minimum Gasteiger partial charge on any atom is -0.493 e. The number of thiophene rings is 1. The number of rotatable bonds is 4. The van der Waals surface area contributed by atoms with Gasteiger partial charge >= 0.3 is 0 Å². The van der Waals surface area contributed by atoms with Crippen LogP contribution in [0.5, 0.6) is 5.75 Å². The number of hydrogen-bond acceptors (Lipinski definition) is 3. The average Bonchev–Trinajstić information content (AvgIpc) is 2.98. The Morgan fingerprint density at radius 3 is 3.00 bits per heavy atom. The predicted molar refractivity (Wildman–Crippen MR) is 80.0 cm³/mol. The Morgan fingerprint density at radius 2 is 2.21 bits per heavy atom. The highest BCUT2D eigenvalue weighted by Crippen LogP contribution is 2.42. The van der Waals surface area contributed by atoms with Crippen LogP contribution in [0.1, 0.15) is 35.7 Å². The van der Waals surface area contributed by atoms with E-state index >= 15 is 0 Å². The number of hydrogen-bond donors (Lipinski definition) is 1. The summed E-state index contributed by atoms with van der Waals surface area (Å²) in [6.45, 7) is 3.98. The lowest BCUT2D eigenvalue weighted by atomic mass is 9.86. The molecule has 2 atom stereocenters. The quantitative estimate of drug-likeness (QED) is 0.910. The molecule has 0 saturated carbocycles. The average molecular weight is 273 g/mol. The van der Waals surface area contributed by atoms with Gasteiger partial charge in [0.2, 0.25) is 0 Å². The number of ether oxygens (including phenoxy) is 1. The van der Waals surface area contributed by atoms with Crippen molar-refractivity contribution in [2.45, 2.75) is 25.3 Å². The molecule has 1 N–H and O–H groups in total. The molecule has 1 aliphatic heterocycles. The molecule has 0 fully saturated rings. The van der Waals surface area contributed by atoms with Crippen molar-refractivity contribution in [2.24, 2.45) is 0 Å². The second-order valence-electron chi connectivity index (χ2n) is 4.83. The van der Waals surface area contributed by atoms with E-state index in [0.717, 1.165) is 25.3 Å². The smallest absolute Gasteiger partial charge is 0.122 e. The van der Waals surface area contributed by atoms with Crippen molar-refractivity contribution in [2.75, 3.05) is 13.2 Å². The van der Waals surface area contributed by atoms with Gasteiger partial charge in [0.25, 0.3) is 0 Å². The first-order valence-corrected chi connectivity index (χ1v) is 7.76. The van der Waals surface area contributed by atoms with E-state index in [0.29, 0.717) is 12.0 Å². The molecule has 100 valence electrons. The van der Waals surface area contributed by atoms with Crippen LogP contribution in [-0.4, -0.2) is 13.2 Å². The Bertz CT molecular complexity index is 523. The van der Waals surface area contributed by atoms with Crippen molar-refractivity contribution < 1.29 is 4.74 Å². The Hall–Kier alpha value is -1.32. The summed E-state index contributed by atoms with van der Waals surface area (Å²) in [4.78, 5) is 1.42. The molecule has 2 aromatic rings. The molecule has 2 nitrogen and oxygen atoms in total. The van der Waals surface area contributed by atoms with Crippen LogP contribution in [0.15, 0.2) is 41.8 Å². The molecule has 1 aliphatic rings. The molecular formula is C16H19NOS. The van der Waals surface area contributed by atoms with Gasteiger partial charge < -0.3 is 10.1 Å². The van der Waals surface area contributed by atoms with Crippen LogP contribution in [0.2, 0.25) is 0 Å². The van der Waals surface area contributed by atoms with Gasteiger partial charge in [-0.25, -0.2) is 0 Å². The van der Waals surface area contributed by atoms with Crippen molar-refractivity contribution >= 4 is 11.3 Å². The topological polar surface area (TPSA) is 21.3 Å². The molecule has 0 amide bonds. The van der Waals surface area contributed by atoms with E-state index in [4.69, 9.17) is 4.74 Å². The maximum absolute atomic E-state index is 5.77. The van der Waals surface area contributed by atoms with Crippen LogP contribution in [0, 0.1) is 0 Å². The molecule has 0 bridgehead atoms. The first-order valence-electron chi connectivity index (χ1n) is 6.88. The van der Waals surface area contributed by atoms with Gasteiger partial charge in [0, 0.05) is 16.8 Å². The zero-order valence-corrected chi connectivity index (χ0v) is 12.0. The van der Waals surface area contributed by atoms with Gasteiger partial charge in [-0.1, -0.05) is 31.2 Å². The maximum atomic E-state index is 5.77. The van der Waals surface area contributed by atoms with Gasteiger partial charge in [0.15, 0.2) is 0 Å². The third kappa shape index (κ3) is 2.53. The first-order chi connectivity index (χ1) is 9.40. The molecule has 19 heavy (non-hydrogen) atoms. The van der Waals surface area contributed by atoms with E-state index in [2.05, 4.69) is 54.0 Å². The van der Waals surface area contributed by atoms with E-state index in [1.807, 2.05) is 11.3 Å². The summed E-state index contributed by atoms with van der Waals surface area (Å²) < 4.78 is 5.77. The van der Waals surface area contributed by atoms with Crippen LogP contribution in [-0.2, 0) is 0 Å². The lowest BCUT2D eigenvalue weighted by Gasteiger charge is -2.32. The summed E-state index contributed by atoms with van der Waals surface area (Å²) in [6.07, 6.45) is 1.08. The SMILES string of the molecule is CCNC(c1cccs1)C1CCOc2ccccc21. The minimum absolute atomic E-state index is 0.398. The zero-order valence-electron chi connectivity index (χ0n) is 11.1. The highest BCUT2D eigenvalue weighted by atomic mass is 32.1. The first kappa shape index (κ1) is 12.7. The molecule has 1 aromatic carbocycles. The summed E-state index contributed by atoms with van der Waals surface area (Å²) in [5, 5.41) is 5.81. The fourth-order valence-electron chi connectivity index (χ4n) is 2.85. The monoisotopic (exact) mass is 273 g/mol. The van der Waals surface area contributed by atoms with Gasteiger partial charge in [-0.2, -0.15) is 0 Å². The molecule has 0 aliphatic carbocycles. The molecular weight excluding hydrogens is 254 g/mol. The van der Waals surface area contributed by atoms with Gasteiger partial charge in [0.05, 0.1) is 6.61 Å². The summed E-state index contributed by atoms with van der Waals surface area (Å²) in [6, 6.07) is 13.2. The molecule has 3 rings (SSSR count). The molecule has 1 aromatic heterocycles. The van der Waals surface area contributed by atoms with E-state index < -0.39 is 0 Å². The highest BCUT2D eigenvalue weighted by molar-refractivity contribution is 7.10. The van der Waals surface area contributed by atoms with E-state index in [9.17, 15) is 0 Å². The van der Waals surface area contributed by atoms with Crippen molar-refractivity contribution in [3.63, 3.8) is 0 Å². The van der Waals surface area contributed by atoms with Gasteiger partial charge in [-0.3, -0.25) is 0 Å². The molecule has 0 radical (unpaired) electrons. The lowest BCUT2D eigenvalue weighted by molar-refractivity contribution is 0.247. The Labute approximate surface area is 118 Å². The summed E-state index contributed by atoms with van der Waals surface area (Å²) >= 11 is 1.84. The number of benzene rings is 1. The number of para-hydroxylation sites is 1. The fraction of sp³-hybridized carbons (Fsp3) is 0.375. The van der Waals surface area contributed by atoms with Crippen LogP contribution in [0.3, 0.4) is 0 Å². The number of nitrogens with one attached hydrogen (secondary N) is 1. The summed E-state index contributed by atoms with van der Waals surface area (Å²) in [5.74, 6) is 1.56. The Kier molecular flexibility index (Phi) is 3.85. The maximum Gasteiger partial charge on any atom is 0.122 e. The minimum atomic E-state index is 0.398. The van der Waals surface area contributed by atoms with Crippen LogP contribution in [0.25, 0.3) is 0 Å². The van der Waals surface area contributed by atoms with Crippen LogP contribution in [0.4, 0.5) is 0 Å². The summed E-state index contributed by atoms with van der Waals surface area (Å²) in [5.41, 5.74) is 1.34. The van der Waals surface area contributed by atoms with Crippen molar-refractivity contribution in [1.29, 1.82) is 0 Å². The van der Waals surface area contributed by atoms with Crippen LogP contribution < -0.4 is 10.1 Å². The third-order valence-corrected chi connectivity index (χ3v) is 4.64. The van der Waals surface area contributed by atoms with Gasteiger partial charge in [-0.15, -0.1) is 11.3 Å². The second-order valence-corrected chi connectivity index (χ2v) is 5.81. The van der Waals surface area contributed by atoms with Gasteiger partial charge in [0.1, 0.15) is 5.75 Å². The standard InChI is InChI=1S/C16H19NOS/c1-2-17-16(15-8-5-11-19-15)13-9-10-18-14-7-4-3-6-12(13)14/h3-8,11,13,16-17H,2,9-10H2,1H3. The van der Waals surface area contributed by atoms with Crippen molar-refractivity contribution in [1.82, 2.24) is 5.32 Å². The highest BCUT2D eigenvalue weighted by Gasteiger charge is 2.29. The van der Waals surface area contributed by atoms with Crippen molar-refractivity contribution in [3.05, 3.63) is 52.2 Å².